The number of hydrogen-bond donors (Lipinski definition) is 0. The Morgan fingerprint density at radius 1 is 1.47 bits per heavy atom. The van der Waals surface area contributed by atoms with Crippen LogP contribution < -0.4 is 4.90 Å². The first-order valence-corrected chi connectivity index (χ1v) is 5.51. The molecular formula is C11H12N2OS. The van der Waals surface area contributed by atoms with Crippen LogP contribution in [0.25, 0.3) is 10.2 Å². The highest BCUT2D eigenvalue weighted by atomic mass is 32.1. The average Bonchev–Trinajstić information content (AvgIpc) is 2.58. The fraction of sp³-hybridized carbons (Fsp3) is 0.273. The molecule has 0 bridgehead atoms. The second-order valence-electron chi connectivity index (χ2n) is 3.55. The van der Waals surface area contributed by atoms with Gasteiger partial charge in [0, 0.05) is 14.0 Å². The van der Waals surface area contributed by atoms with Crippen molar-refractivity contribution >= 4 is 32.6 Å². The highest BCUT2D eigenvalue weighted by molar-refractivity contribution is 7.22. The van der Waals surface area contributed by atoms with Crippen molar-refractivity contribution in [1.29, 1.82) is 0 Å². The normalized spacial score (nSPS) is 10.6. The first-order chi connectivity index (χ1) is 7.08. The van der Waals surface area contributed by atoms with Gasteiger partial charge in [-0.3, -0.25) is 9.69 Å². The standard InChI is InChI=1S/C11H12N2OS/c1-7-4-5-9-10(6-7)15-11(12-9)13(3)8(2)14/h4-6H,1-3H3. The van der Waals surface area contributed by atoms with Gasteiger partial charge in [0.15, 0.2) is 5.13 Å². The van der Waals surface area contributed by atoms with E-state index < -0.39 is 0 Å². The number of aromatic nitrogens is 1. The van der Waals surface area contributed by atoms with E-state index >= 15 is 0 Å². The van der Waals surface area contributed by atoms with Gasteiger partial charge in [0.1, 0.15) is 0 Å². The van der Waals surface area contributed by atoms with Crippen molar-refractivity contribution in [2.75, 3.05) is 11.9 Å². The molecule has 0 atom stereocenters. The summed E-state index contributed by atoms with van der Waals surface area (Å²) in [6.07, 6.45) is 0. The Hall–Kier alpha value is -1.42. The van der Waals surface area contributed by atoms with Gasteiger partial charge in [0.2, 0.25) is 5.91 Å². The number of benzene rings is 1. The second kappa shape index (κ2) is 3.62. The summed E-state index contributed by atoms with van der Waals surface area (Å²) in [5.74, 6) is 0.00535. The number of nitrogens with zero attached hydrogens (tertiary/aromatic N) is 2. The summed E-state index contributed by atoms with van der Waals surface area (Å²) in [7, 11) is 1.74. The number of thiazole rings is 1. The molecule has 0 aliphatic carbocycles. The second-order valence-corrected chi connectivity index (χ2v) is 4.55. The first kappa shape index (κ1) is 10.1. The van der Waals surface area contributed by atoms with Crippen molar-refractivity contribution in [2.45, 2.75) is 13.8 Å². The van der Waals surface area contributed by atoms with E-state index in [9.17, 15) is 4.79 Å². The van der Waals surface area contributed by atoms with Crippen LogP contribution >= 0.6 is 11.3 Å². The fourth-order valence-electron chi connectivity index (χ4n) is 1.30. The van der Waals surface area contributed by atoms with Crippen LogP contribution in [0.15, 0.2) is 18.2 Å². The van der Waals surface area contributed by atoms with Gasteiger partial charge in [-0.15, -0.1) is 0 Å². The summed E-state index contributed by atoms with van der Waals surface area (Å²) < 4.78 is 1.12. The van der Waals surface area contributed by atoms with Gasteiger partial charge in [0.25, 0.3) is 0 Å². The molecule has 2 rings (SSSR count). The minimum Gasteiger partial charge on any atom is -0.291 e. The smallest absolute Gasteiger partial charge is 0.225 e. The number of carbonyl (C=O) groups excluding carboxylic acids is 1. The zero-order valence-electron chi connectivity index (χ0n) is 8.94. The highest BCUT2D eigenvalue weighted by Crippen LogP contribution is 2.28. The molecule has 1 amide bonds. The van der Waals surface area contributed by atoms with E-state index in [1.54, 1.807) is 23.3 Å². The highest BCUT2D eigenvalue weighted by Gasteiger charge is 2.11. The third-order valence-electron chi connectivity index (χ3n) is 2.29. The SMILES string of the molecule is CC(=O)N(C)c1nc2ccc(C)cc2s1. The van der Waals surface area contributed by atoms with Crippen molar-refractivity contribution in [1.82, 2.24) is 4.98 Å². The Labute approximate surface area is 92.4 Å². The Kier molecular flexibility index (Phi) is 2.44. The van der Waals surface area contributed by atoms with E-state index in [0.29, 0.717) is 0 Å². The molecule has 1 heterocycles. The topological polar surface area (TPSA) is 33.2 Å². The predicted molar refractivity (Wildman–Crippen MR) is 63.4 cm³/mol. The van der Waals surface area contributed by atoms with Crippen molar-refractivity contribution in [2.24, 2.45) is 0 Å². The Morgan fingerprint density at radius 2 is 2.20 bits per heavy atom. The summed E-state index contributed by atoms with van der Waals surface area (Å²) in [4.78, 5) is 17.1. The van der Waals surface area contributed by atoms with Crippen LogP contribution in [0.1, 0.15) is 12.5 Å². The number of fused-ring (bicyclic) bond motifs is 1. The lowest BCUT2D eigenvalue weighted by Gasteiger charge is -2.08. The lowest BCUT2D eigenvalue weighted by molar-refractivity contribution is -0.116. The van der Waals surface area contributed by atoms with E-state index in [0.717, 1.165) is 15.3 Å². The summed E-state index contributed by atoms with van der Waals surface area (Å²) in [5.41, 5.74) is 2.16. The summed E-state index contributed by atoms with van der Waals surface area (Å²) >= 11 is 1.54. The summed E-state index contributed by atoms with van der Waals surface area (Å²) in [5, 5.41) is 0.753. The van der Waals surface area contributed by atoms with Gasteiger partial charge in [-0.1, -0.05) is 17.4 Å². The zero-order chi connectivity index (χ0) is 11.0. The van der Waals surface area contributed by atoms with Crippen molar-refractivity contribution in [3.05, 3.63) is 23.8 Å². The molecule has 15 heavy (non-hydrogen) atoms. The molecule has 0 aliphatic rings. The van der Waals surface area contributed by atoms with Gasteiger partial charge in [0.05, 0.1) is 10.2 Å². The van der Waals surface area contributed by atoms with Crippen LogP contribution in [0.4, 0.5) is 5.13 Å². The molecule has 3 nitrogen and oxygen atoms in total. The van der Waals surface area contributed by atoms with Gasteiger partial charge in [-0.25, -0.2) is 4.98 Å². The minimum atomic E-state index is 0.00535. The maximum Gasteiger partial charge on any atom is 0.225 e. The molecule has 0 saturated carbocycles. The molecule has 0 saturated heterocycles. The van der Waals surface area contributed by atoms with Crippen LogP contribution in [-0.4, -0.2) is 17.9 Å². The Balaban J connectivity index is 2.51. The van der Waals surface area contributed by atoms with Crippen LogP contribution in [0.5, 0.6) is 0 Å². The lowest BCUT2D eigenvalue weighted by Crippen LogP contribution is -2.22. The van der Waals surface area contributed by atoms with Gasteiger partial charge in [-0.05, 0) is 24.6 Å². The van der Waals surface area contributed by atoms with Crippen LogP contribution in [-0.2, 0) is 4.79 Å². The molecular weight excluding hydrogens is 208 g/mol. The van der Waals surface area contributed by atoms with E-state index in [1.165, 1.54) is 12.5 Å². The molecule has 0 N–H and O–H groups in total. The summed E-state index contributed by atoms with van der Waals surface area (Å²) in [6.45, 7) is 3.59. The van der Waals surface area contributed by atoms with Crippen molar-refractivity contribution in [3.63, 3.8) is 0 Å². The van der Waals surface area contributed by atoms with Gasteiger partial charge < -0.3 is 0 Å². The first-order valence-electron chi connectivity index (χ1n) is 4.69. The lowest BCUT2D eigenvalue weighted by atomic mass is 10.2. The number of anilines is 1. The predicted octanol–water partition coefficient (Wildman–Crippen LogP) is 2.59. The minimum absolute atomic E-state index is 0.00535. The molecule has 78 valence electrons. The Morgan fingerprint density at radius 3 is 2.87 bits per heavy atom. The molecule has 0 spiro atoms. The summed E-state index contributed by atoms with van der Waals surface area (Å²) in [6, 6.07) is 6.10. The average molecular weight is 220 g/mol. The Bertz CT molecular complexity index is 518. The van der Waals surface area contributed by atoms with Crippen molar-refractivity contribution < 1.29 is 4.79 Å². The molecule has 1 aromatic carbocycles. The molecule has 1 aromatic heterocycles. The maximum absolute atomic E-state index is 11.2. The number of carbonyl (C=O) groups is 1. The number of aryl methyl sites for hydroxylation is 1. The monoisotopic (exact) mass is 220 g/mol. The van der Waals surface area contributed by atoms with E-state index in [-0.39, 0.29) is 5.91 Å². The number of amides is 1. The van der Waals surface area contributed by atoms with Crippen LogP contribution in [0.2, 0.25) is 0 Å². The maximum atomic E-state index is 11.2. The number of rotatable bonds is 1. The fourth-order valence-corrected chi connectivity index (χ4v) is 2.37. The number of hydrogen-bond acceptors (Lipinski definition) is 3. The third-order valence-corrected chi connectivity index (χ3v) is 3.39. The molecule has 0 fully saturated rings. The largest absolute Gasteiger partial charge is 0.291 e. The molecule has 2 aromatic rings. The van der Waals surface area contributed by atoms with Crippen LogP contribution in [0, 0.1) is 6.92 Å². The van der Waals surface area contributed by atoms with E-state index in [2.05, 4.69) is 11.1 Å². The van der Waals surface area contributed by atoms with E-state index in [4.69, 9.17) is 0 Å². The quantitative estimate of drug-likeness (QED) is 0.740. The van der Waals surface area contributed by atoms with E-state index in [1.807, 2.05) is 19.1 Å². The third kappa shape index (κ3) is 1.85. The molecule has 0 radical (unpaired) electrons. The molecule has 0 aliphatic heterocycles. The van der Waals surface area contributed by atoms with Crippen LogP contribution in [0.3, 0.4) is 0 Å². The molecule has 0 unspecified atom stereocenters. The zero-order valence-corrected chi connectivity index (χ0v) is 9.76. The van der Waals surface area contributed by atoms with Gasteiger partial charge in [-0.2, -0.15) is 0 Å². The van der Waals surface area contributed by atoms with Gasteiger partial charge >= 0.3 is 0 Å². The molecule has 4 heteroatoms. The van der Waals surface area contributed by atoms with Crippen molar-refractivity contribution in [3.8, 4) is 0 Å².